The molecule has 2 atom stereocenters. The van der Waals surface area contributed by atoms with Gasteiger partial charge in [-0.05, 0) is 53.1 Å². The first kappa shape index (κ1) is 28.4. The minimum Gasteiger partial charge on any atom is -0.481 e. The maximum atomic E-state index is 13.3. The van der Waals surface area contributed by atoms with Crippen LogP contribution < -0.4 is 5.32 Å². The fourth-order valence-corrected chi connectivity index (χ4v) is 6.19. The number of piperidine rings is 1. The number of rotatable bonds is 10. The molecule has 8 heteroatoms. The zero-order chi connectivity index (χ0) is 28.8. The summed E-state index contributed by atoms with van der Waals surface area (Å²) in [6, 6.07) is 25.2. The van der Waals surface area contributed by atoms with Gasteiger partial charge in [-0.3, -0.25) is 14.5 Å². The fourth-order valence-electron chi connectivity index (χ4n) is 6.19. The molecule has 41 heavy (non-hydrogen) atoms. The Kier molecular flexibility index (Phi) is 8.99. The molecule has 0 spiro atoms. The lowest BCUT2D eigenvalue weighted by atomic mass is 9.96. The fraction of sp³-hybridized carbons (Fsp3) is 0.364. The van der Waals surface area contributed by atoms with E-state index in [1.807, 2.05) is 54.6 Å². The number of alkyl carbamates (subject to hydrolysis) is 1. The SMILES string of the molecule is CN(CC1CCCN(Cc2ccccc2)C1)C(=O)C(CC(=O)O)NC(=O)OCC1c2ccccc2-c2ccccc21. The van der Waals surface area contributed by atoms with Crippen LogP contribution in [0.1, 0.15) is 41.9 Å². The second-order valence-corrected chi connectivity index (χ2v) is 11.1. The van der Waals surface area contributed by atoms with Gasteiger partial charge in [0.25, 0.3) is 0 Å². The first-order valence-corrected chi connectivity index (χ1v) is 14.2. The van der Waals surface area contributed by atoms with E-state index >= 15 is 0 Å². The van der Waals surface area contributed by atoms with Crippen molar-refractivity contribution in [2.75, 3.05) is 33.3 Å². The maximum Gasteiger partial charge on any atom is 0.407 e. The summed E-state index contributed by atoms with van der Waals surface area (Å²) in [7, 11) is 1.67. The number of hydrogen-bond acceptors (Lipinski definition) is 5. The first-order valence-electron chi connectivity index (χ1n) is 14.2. The van der Waals surface area contributed by atoms with Crippen molar-refractivity contribution in [3.05, 3.63) is 95.6 Å². The van der Waals surface area contributed by atoms with Gasteiger partial charge in [-0.25, -0.2) is 4.79 Å². The first-order chi connectivity index (χ1) is 19.9. The van der Waals surface area contributed by atoms with E-state index in [4.69, 9.17) is 4.74 Å². The molecule has 0 bridgehead atoms. The number of ether oxygens (including phenoxy) is 1. The number of carboxylic acids is 1. The highest BCUT2D eigenvalue weighted by atomic mass is 16.5. The number of carboxylic acid groups (broad SMARTS) is 1. The highest BCUT2D eigenvalue weighted by Crippen LogP contribution is 2.44. The average Bonchev–Trinajstić information content (AvgIpc) is 3.29. The van der Waals surface area contributed by atoms with Gasteiger partial charge in [-0.15, -0.1) is 0 Å². The molecule has 1 aliphatic carbocycles. The van der Waals surface area contributed by atoms with Crippen LogP contribution in [-0.2, 0) is 20.9 Å². The number of aliphatic carboxylic acids is 1. The number of nitrogens with zero attached hydrogens (tertiary/aromatic N) is 2. The average molecular weight is 556 g/mol. The number of hydrogen-bond donors (Lipinski definition) is 2. The summed E-state index contributed by atoms with van der Waals surface area (Å²) in [5.74, 6) is -1.46. The maximum absolute atomic E-state index is 13.3. The van der Waals surface area contributed by atoms with E-state index in [-0.39, 0.29) is 18.4 Å². The largest absolute Gasteiger partial charge is 0.481 e. The second-order valence-electron chi connectivity index (χ2n) is 11.1. The third-order valence-electron chi connectivity index (χ3n) is 8.07. The van der Waals surface area contributed by atoms with Gasteiger partial charge in [0.15, 0.2) is 0 Å². The van der Waals surface area contributed by atoms with Gasteiger partial charge in [0.05, 0.1) is 6.42 Å². The molecule has 0 saturated carbocycles. The van der Waals surface area contributed by atoms with Crippen LogP contribution >= 0.6 is 0 Å². The number of likely N-dealkylation sites (tertiary alicyclic amines) is 1. The number of likely N-dealkylation sites (N-methyl/N-ethyl adjacent to an activating group) is 1. The molecule has 2 N–H and O–H groups in total. The van der Waals surface area contributed by atoms with Crippen molar-refractivity contribution in [2.24, 2.45) is 5.92 Å². The van der Waals surface area contributed by atoms with Crippen LogP contribution in [0.25, 0.3) is 11.1 Å². The van der Waals surface area contributed by atoms with E-state index in [9.17, 15) is 19.5 Å². The quantitative estimate of drug-likeness (QED) is 0.375. The third-order valence-corrected chi connectivity index (χ3v) is 8.07. The number of nitrogens with one attached hydrogen (secondary N) is 1. The van der Waals surface area contributed by atoms with Gasteiger partial charge >= 0.3 is 12.1 Å². The molecule has 3 aromatic carbocycles. The van der Waals surface area contributed by atoms with Gasteiger partial charge in [-0.2, -0.15) is 0 Å². The van der Waals surface area contributed by atoms with Crippen molar-refractivity contribution in [1.82, 2.24) is 15.1 Å². The molecule has 1 aliphatic heterocycles. The van der Waals surface area contributed by atoms with Gasteiger partial charge in [0, 0.05) is 32.6 Å². The van der Waals surface area contributed by atoms with Crippen molar-refractivity contribution < 1.29 is 24.2 Å². The number of benzene rings is 3. The summed E-state index contributed by atoms with van der Waals surface area (Å²) >= 11 is 0. The normalized spacial score (nSPS) is 17.2. The minimum absolute atomic E-state index is 0.0863. The summed E-state index contributed by atoms with van der Waals surface area (Å²) in [6.07, 6.45) is 0.715. The monoisotopic (exact) mass is 555 g/mol. The summed E-state index contributed by atoms with van der Waals surface area (Å²) in [5, 5.41) is 12.0. The lowest BCUT2D eigenvalue weighted by Crippen LogP contribution is -2.50. The molecular weight excluding hydrogens is 518 g/mol. The summed E-state index contributed by atoms with van der Waals surface area (Å²) in [5.41, 5.74) is 5.64. The highest BCUT2D eigenvalue weighted by Gasteiger charge is 2.32. The molecule has 0 radical (unpaired) electrons. The zero-order valence-corrected chi connectivity index (χ0v) is 23.4. The number of carbonyl (C=O) groups is 3. The molecule has 8 nitrogen and oxygen atoms in total. The third kappa shape index (κ3) is 6.95. The van der Waals surface area contributed by atoms with Crippen LogP contribution in [0.5, 0.6) is 0 Å². The van der Waals surface area contributed by atoms with Crippen LogP contribution in [0.4, 0.5) is 4.79 Å². The van der Waals surface area contributed by atoms with E-state index in [0.717, 1.165) is 54.7 Å². The van der Waals surface area contributed by atoms with Crippen LogP contribution in [0, 0.1) is 5.92 Å². The molecule has 2 unspecified atom stereocenters. The van der Waals surface area contributed by atoms with Crippen LogP contribution in [-0.4, -0.2) is 72.2 Å². The van der Waals surface area contributed by atoms with Crippen molar-refractivity contribution >= 4 is 18.0 Å². The Balaban J connectivity index is 1.17. The Morgan fingerprint density at radius 3 is 2.27 bits per heavy atom. The Bertz CT molecular complexity index is 1330. The summed E-state index contributed by atoms with van der Waals surface area (Å²) < 4.78 is 5.58. The summed E-state index contributed by atoms with van der Waals surface area (Å²) in [4.78, 5) is 41.7. The molecule has 1 saturated heterocycles. The molecule has 1 fully saturated rings. The Morgan fingerprint density at radius 2 is 1.61 bits per heavy atom. The minimum atomic E-state index is -1.21. The topological polar surface area (TPSA) is 99.2 Å². The summed E-state index contributed by atoms with van der Waals surface area (Å²) in [6.45, 7) is 3.31. The smallest absolute Gasteiger partial charge is 0.407 e. The molecule has 3 aromatic rings. The molecule has 0 aromatic heterocycles. The second kappa shape index (κ2) is 13.0. The van der Waals surface area contributed by atoms with Gasteiger partial charge in [0.2, 0.25) is 5.91 Å². The Labute approximate surface area is 240 Å². The predicted molar refractivity (Wildman–Crippen MR) is 156 cm³/mol. The van der Waals surface area contributed by atoms with Crippen LogP contribution in [0.2, 0.25) is 0 Å². The van der Waals surface area contributed by atoms with E-state index in [1.54, 1.807) is 11.9 Å². The lowest BCUT2D eigenvalue weighted by molar-refractivity contribution is -0.142. The molecule has 2 amide bonds. The Morgan fingerprint density at radius 1 is 0.976 bits per heavy atom. The Hall–Kier alpha value is -4.17. The number of fused-ring (bicyclic) bond motifs is 3. The van der Waals surface area contributed by atoms with Gasteiger partial charge < -0.3 is 20.1 Å². The van der Waals surface area contributed by atoms with E-state index in [1.165, 1.54) is 5.56 Å². The molecular formula is C33H37N3O5. The van der Waals surface area contributed by atoms with Crippen molar-refractivity contribution in [3.63, 3.8) is 0 Å². The highest BCUT2D eigenvalue weighted by molar-refractivity contribution is 5.89. The van der Waals surface area contributed by atoms with Crippen molar-refractivity contribution in [3.8, 4) is 11.1 Å². The van der Waals surface area contributed by atoms with Crippen molar-refractivity contribution in [1.29, 1.82) is 0 Å². The molecule has 2 aliphatic rings. The zero-order valence-electron chi connectivity index (χ0n) is 23.4. The predicted octanol–water partition coefficient (Wildman–Crippen LogP) is 4.74. The van der Waals surface area contributed by atoms with Crippen molar-refractivity contribution in [2.45, 2.75) is 37.8 Å². The van der Waals surface area contributed by atoms with E-state index in [2.05, 4.69) is 34.5 Å². The van der Waals surface area contributed by atoms with Crippen LogP contribution in [0.3, 0.4) is 0 Å². The molecule has 1 heterocycles. The van der Waals surface area contributed by atoms with Gasteiger partial charge in [-0.1, -0.05) is 78.9 Å². The van der Waals surface area contributed by atoms with E-state index in [0.29, 0.717) is 6.54 Å². The molecule has 5 rings (SSSR count). The standard InChI is InChI=1S/C33H37N3O5/c1-35(19-24-12-9-17-36(21-24)20-23-10-3-2-4-11-23)32(39)30(18-31(37)38)34-33(40)41-22-29-27-15-7-5-13-25(27)26-14-6-8-16-28(26)29/h2-8,10-11,13-16,24,29-30H,9,12,17-22H2,1H3,(H,34,40)(H,37,38). The van der Waals surface area contributed by atoms with Gasteiger partial charge in [0.1, 0.15) is 12.6 Å². The van der Waals surface area contributed by atoms with E-state index < -0.39 is 30.4 Å². The number of carbonyl (C=O) groups excluding carboxylic acids is 2. The van der Waals surface area contributed by atoms with Crippen LogP contribution in [0.15, 0.2) is 78.9 Å². The lowest BCUT2D eigenvalue weighted by Gasteiger charge is -2.35. The molecule has 214 valence electrons. The number of amides is 2.